The van der Waals surface area contributed by atoms with Crippen molar-refractivity contribution in [2.75, 3.05) is 24.7 Å². The Hall–Kier alpha value is -2.02. The Morgan fingerprint density at radius 1 is 1.40 bits per heavy atom. The van der Waals surface area contributed by atoms with Crippen molar-refractivity contribution in [2.45, 2.75) is 13.0 Å². The molecule has 0 aliphatic carbocycles. The summed E-state index contributed by atoms with van der Waals surface area (Å²) in [6.07, 6.45) is 0. The number of benzene rings is 1. The molecule has 1 unspecified atom stereocenters. The van der Waals surface area contributed by atoms with Crippen LogP contribution in [0.1, 0.15) is 6.92 Å². The third-order valence-corrected chi connectivity index (χ3v) is 4.49. The zero-order chi connectivity index (χ0) is 13.7. The molecular formula is C13H13N3O3S. The fraction of sp³-hybridized carbons (Fsp3) is 0.385. The number of carbonyl (C=O) groups excluding carboxylic acids is 1. The van der Waals surface area contributed by atoms with Crippen LogP contribution in [-0.4, -0.2) is 36.8 Å². The molecule has 2 aliphatic rings. The van der Waals surface area contributed by atoms with Gasteiger partial charge in [-0.3, -0.25) is 4.90 Å². The summed E-state index contributed by atoms with van der Waals surface area (Å²) in [5.74, 6) is 1.41. The second kappa shape index (κ2) is 4.24. The lowest BCUT2D eigenvalue weighted by Gasteiger charge is -2.18. The Kier molecular flexibility index (Phi) is 2.50. The van der Waals surface area contributed by atoms with Crippen LogP contribution in [0.5, 0.6) is 11.5 Å². The van der Waals surface area contributed by atoms with Crippen LogP contribution in [0.4, 0.5) is 9.93 Å². The maximum atomic E-state index is 11.9. The second-order valence-electron chi connectivity index (χ2n) is 4.84. The van der Waals surface area contributed by atoms with E-state index in [0.29, 0.717) is 30.6 Å². The summed E-state index contributed by atoms with van der Waals surface area (Å²) in [6, 6.07) is 3.87. The number of carbonyl (C=O) groups is 1. The van der Waals surface area contributed by atoms with Gasteiger partial charge in [-0.1, -0.05) is 11.3 Å². The zero-order valence-electron chi connectivity index (χ0n) is 10.9. The standard InChI is InChI=1S/C13H13N3O3S/c1-7-6-14-12(17)16(7)13-15-10-9(20-13)3-2-8-11(10)19-5-4-18-8/h2-3,7H,4-6H2,1H3,(H,14,17). The molecule has 0 radical (unpaired) electrons. The van der Waals surface area contributed by atoms with Gasteiger partial charge in [-0.15, -0.1) is 0 Å². The van der Waals surface area contributed by atoms with E-state index in [1.807, 2.05) is 19.1 Å². The van der Waals surface area contributed by atoms with Crippen molar-refractivity contribution in [3.63, 3.8) is 0 Å². The van der Waals surface area contributed by atoms with Crippen molar-refractivity contribution in [2.24, 2.45) is 0 Å². The smallest absolute Gasteiger partial charge is 0.324 e. The van der Waals surface area contributed by atoms with Crippen molar-refractivity contribution < 1.29 is 14.3 Å². The monoisotopic (exact) mass is 291 g/mol. The third-order valence-electron chi connectivity index (χ3n) is 3.47. The first-order chi connectivity index (χ1) is 9.74. The average molecular weight is 291 g/mol. The van der Waals surface area contributed by atoms with Gasteiger partial charge in [0.05, 0.1) is 10.7 Å². The van der Waals surface area contributed by atoms with E-state index >= 15 is 0 Å². The molecule has 1 atom stereocenters. The largest absolute Gasteiger partial charge is 0.486 e. The molecule has 0 spiro atoms. The van der Waals surface area contributed by atoms with Crippen LogP contribution >= 0.6 is 11.3 Å². The van der Waals surface area contributed by atoms with Crippen LogP contribution < -0.4 is 19.7 Å². The molecule has 6 nitrogen and oxygen atoms in total. The molecule has 2 amide bonds. The average Bonchev–Trinajstić information content (AvgIpc) is 3.02. The number of urea groups is 1. The Balaban J connectivity index is 1.85. The molecule has 1 saturated heterocycles. The highest BCUT2D eigenvalue weighted by atomic mass is 32.1. The molecule has 0 bridgehead atoms. The number of ether oxygens (including phenoxy) is 2. The molecule has 7 heteroatoms. The predicted molar refractivity (Wildman–Crippen MR) is 75.9 cm³/mol. The van der Waals surface area contributed by atoms with Crippen molar-refractivity contribution in [1.82, 2.24) is 10.3 Å². The minimum atomic E-state index is -0.0948. The van der Waals surface area contributed by atoms with Crippen LogP contribution in [0.2, 0.25) is 0 Å². The van der Waals surface area contributed by atoms with E-state index in [-0.39, 0.29) is 12.1 Å². The Morgan fingerprint density at radius 2 is 2.25 bits per heavy atom. The maximum Gasteiger partial charge on any atom is 0.324 e. The fourth-order valence-corrected chi connectivity index (χ4v) is 3.54. The van der Waals surface area contributed by atoms with Gasteiger partial charge in [0.2, 0.25) is 0 Å². The highest BCUT2D eigenvalue weighted by molar-refractivity contribution is 7.22. The van der Waals surface area contributed by atoms with Crippen LogP contribution in [0.25, 0.3) is 10.2 Å². The summed E-state index contributed by atoms with van der Waals surface area (Å²) in [4.78, 5) is 18.2. The number of rotatable bonds is 1. The fourth-order valence-electron chi connectivity index (χ4n) is 2.48. The van der Waals surface area contributed by atoms with Crippen LogP contribution in [0, 0.1) is 0 Å². The summed E-state index contributed by atoms with van der Waals surface area (Å²) < 4.78 is 12.2. The first kappa shape index (κ1) is 11.8. The maximum absolute atomic E-state index is 11.9. The van der Waals surface area contributed by atoms with Gasteiger partial charge in [0.25, 0.3) is 0 Å². The molecule has 4 rings (SSSR count). The van der Waals surface area contributed by atoms with E-state index in [0.717, 1.165) is 16.0 Å². The van der Waals surface area contributed by atoms with Crippen molar-refractivity contribution in [3.05, 3.63) is 12.1 Å². The number of aromatic nitrogens is 1. The quantitative estimate of drug-likeness (QED) is 0.872. The minimum Gasteiger partial charge on any atom is -0.486 e. The topological polar surface area (TPSA) is 63.7 Å². The number of nitrogens with zero attached hydrogens (tertiary/aromatic N) is 2. The molecule has 1 N–H and O–H groups in total. The molecule has 20 heavy (non-hydrogen) atoms. The van der Waals surface area contributed by atoms with E-state index in [9.17, 15) is 4.79 Å². The van der Waals surface area contributed by atoms with Crippen molar-refractivity contribution in [3.8, 4) is 11.5 Å². The Bertz CT molecular complexity index is 699. The van der Waals surface area contributed by atoms with Crippen LogP contribution in [0.15, 0.2) is 12.1 Å². The number of hydrogen-bond acceptors (Lipinski definition) is 5. The van der Waals surface area contributed by atoms with Crippen LogP contribution in [0.3, 0.4) is 0 Å². The van der Waals surface area contributed by atoms with Gasteiger partial charge in [-0.2, -0.15) is 0 Å². The molecule has 104 valence electrons. The summed E-state index contributed by atoms with van der Waals surface area (Å²) >= 11 is 1.49. The van der Waals surface area contributed by atoms with Gasteiger partial charge in [0.15, 0.2) is 16.6 Å². The van der Waals surface area contributed by atoms with E-state index in [1.54, 1.807) is 4.90 Å². The van der Waals surface area contributed by atoms with Gasteiger partial charge in [0, 0.05) is 6.54 Å². The third kappa shape index (κ3) is 1.62. The molecule has 1 aromatic carbocycles. The number of nitrogens with one attached hydrogen (secondary N) is 1. The van der Waals surface area contributed by atoms with E-state index < -0.39 is 0 Å². The first-order valence-corrected chi connectivity index (χ1v) is 7.32. The predicted octanol–water partition coefficient (Wildman–Crippen LogP) is 1.99. The Morgan fingerprint density at radius 3 is 3.05 bits per heavy atom. The van der Waals surface area contributed by atoms with Gasteiger partial charge in [-0.05, 0) is 19.1 Å². The van der Waals surface area contributed by atoms with Crippen LogP contribution in [-0.2, 0) is 0 Å². The van der Waals surface area contributed by atoms with Crippen molar-refractivity contribution >= 4 is 32.7 Å². The number of anilines is 1. The number of fused-ring (bicyclic) bond motifs is 3. The second-order valence-corrected chi connectivity index (χ2v) is 5.85. The number of hydrogen-bond donors (Lipinski definition) is 1. The molecule has 1 fully saturated rings. The van der Waals surface area contributed by atoms with Gasteiger partial charge in [0.1, 0.15) is 18.7 Å². The molecule has 3 heterocycles. The normalized spacial score (nSPS) is 21.4. The first-order valence-electron chi connectivity index (χ1n) is 6.50. The SMILES string of the molecule is CC1CNC(=O)N1c1nc2c3c(ccc2s1)OCCO3. The lowest BCUT2D eigenvalue weighted by atomic mass is 10.3. The number of thiazole rings is 1. The van der Waals surface area contributed by atoms with E-state index in [2.05, 4.69) is 10.3 Å². The van der Waals surface area contributed by atoms with E-state index in [4.69, 9.17) is 9.47 Å². The minimum absolute atomic E-state index is 0.0948. The van der Waals surface area contributed by atoms with Gasteiger partial charge < -0.3 is 14.8 Å². The molecule has 2 aromatic rings. The van der Waals surface area contributed by atoms with E-state index in [1.165, 1.54) is 11.3 Å². The highest BCUT2D eigenvalue weighted by Crippen LogP contribution is 2.41. The lowest BCUT2D eigenvalue weighted by molar-refractivity contribution is 0.173. The Labute approximate surface area is 119 Å². The molecule has 0 saturated carbocycles. The highest BCUT2D eigenvalue weighted by Gasteiger charge is 2.31. The zero-order valence-corrected chi connectivity index (χ0v) is 11.7. The molecule has 1 aromatic heterocycles. The van der Waals surface area contributed by atoms with Gasteiger partial charge in [-0.25, -0.2) is 9.78 Å². The lowest BCUT2D eigenvalue weighted by Crippen LogP contribution is -2.32. The summed E-state index contributed by atoms with van der Waals surface area (Å²) in [5, 5.41) is 3.52. The van der Waals surface area contributed by atoms with Gasteiger partial charge >= 0.3 is 6.03 Å². The molecular weight excluding hydrogens is 278 g/mol. The molecule has 2 aliphatic heterocycles. The number of amides is 2. The summed E-state index contributed by atoms with van der Waals surface area (Å²) in [5.41, 5.74) is 0.772. The van der Waals surface area contributed by atoms with Crippen molar-refractivity contribution in [1.29, 1.82) is 0 Å². The summed E-state index contributed by atoms with van der Waals surface area (Å²) in [6.45, 7) is 3.73. The summed E-state index contributed by atoms with van der Waals surface area (Å²) in [7, 11) is 0.